The lowest BCUT2D eigenvalue weighted by Gasteiger charge is -2.16. The molecule has 14 heavy (non-hydrogen) atoms. The van der Waals surface area contributed by atoms with Crippen molar-refractivity contribution in [2.75, 3.05) is 33.2 Å². The standard InChI is InChI=1S/C8H21N3O2S/c1-4-9-7-6-8-11(3)14(12,13)10-5-2/h9-10H,4-8H2,1-3H3. The molecule has 0 radical (unpaired) electrons. The van der Waals surface area contributed by atoms with Crippen molar-refractivity contribution in [1.82, 2.24) is 14.3 Å². The van der Waals surface area contributed by atoms with Crippen LogP contribution in [0.2, 0.25) is 0 Å². The van der Waals surface area contributed by atoms with Gasteiger partial charge in [-0.25, -0.2) is 4.72 Å². The van der Waals surface area contributed by atoms with E-state index in [1.165, 1.54) is 4.31 Å². The highest BCUT2D eigenvalue weighted by Crippen LogP contribution is 1.94. The third-order valence-corrected chi connectivity index (χ3v) is 3.47. The Hall–Kier alpha value is -0.170. The predicted octanol–water partition coefficient (Wildman–Crippen LogP) is -0.228. The van der Waals surface area contributed by atoms with Gasteiger partial charge in [0.1, 0.15) is 0 Å². The summed E-state index contributed by atoms with van der Waals surface area (Å²) in [6.45, 7) is 6.54. The summed E-state index contributed by atoms with van der Waals surface area (Å²) in [6, 6.07) is 0. The summed E-state index contributed by atoms with van der Waals surface area (Å²) in [6.07, 6.45) is 0.828. The summed E-state index contributed by atoms with van der Waals surface area (Å²) in [5, 5.41) is 3.15. The summed E-state index contributed by atoms with van der Waals surface area (Å²) < 4.78 is 26.6. The summed E-state index contributed by atoms with van der Waals surface area (Å²) in [4.78, 5) is 0. The molecular weight excluding hydrogens is 202 g/mol. The third kappa shape index (κ3) is 5.54. The molecule has 6 heteroatoms. The fraction of sp³-hybridized carbons (Fsp3) is 1.00. The van der Waals surface area contributed by atoms with Gasteiger partial charge in [0, 0.05) is 20.1 Å². The Morgan fingerprint density at radius 1 is 1.21 bits per heavy atom. The molecule has 0 saturated heterocycles. The number of hydrogen-bond donors (Lipinski definition) is 2. The van der Waals surface area contributed by atoms with E-state index < -0.39 is 10.2 Å². The van der Waals surface area contributed by atoms with Gasteiger partial charge < -0.3 is 5.32 Å². The predicted molar refractivity (Wildman–Crippen MR) is 58.4 cm³/mol. The van der Waals surface area contributed by atoms with Gasteiger partial charge >= 0.3 is 0 Å². The first-order chi connectivity index (χ1) is 6.54. The summed E-state index contributed by atoms with van der Waals surface area (Å²) >= 11 is 0. The number of hydrogen-bond acceptors (Lipinski definition) is 3. The van der Waals surface area contributed by atoms with E-state index in [0.717, 1.165) is 19.5 Å². The van der Waals surface area contributed by atoms with Crippen LogP contribution in [0.15, 0.2) is 0 Å². The van der Waals surface area contributed by atoms with Gasteiger partial charge in [0.05, 0.1) is 0 Å². The summed E-state index contributed by atoms with van der Waals surface area (Å²) in [7, 11) is -1.65. The Balaban J connectivity index is 3.78. The lowest BCUT2D eigenvalue weighted by molar-refractivity contribution is 0.447. The van der Waals surface area contributed by atoms with E-state index in [9.17, 15) is 8.42 Å². The van der Waals surface area contributed by atoms with E-state index in [1.54, 1.807) is 14.0 Å². The molecule has 5 nitrogen and oxygen atoms in total. The Morgan fingerprint density at radius 2 is 1.86 bits per heavy atom. The van der Waals surface area contributed by atoms with Crippen molar-refractivity contribution >= 4 is 10.2 Å². The highest BCUT2D eigenvalue weighted by molar-refractivity contribution is 7.87. The molecule has 0 aliphatic heterocycles. The third-order valence-electron chi connectivity index (χ3n) is 1.81. The molecule has 0 atom stereocenters. The van der Waals surface area contributed by atoms with Crippen molar-refractivity contribution in [2.45, 2.75) is 20.3 Å². The molecule has 0 aromatic heterocycles. The van der Waals surface area contributed by atoms with E-state index >= 15 is 0 Å². The van der Waals surface area contributed by atoms with Crippen molar-refractivity contribution in [3.05, 3.63) is 0 Å². The minimum absolute atomic E-state index is 0.430. The molecule has 0 saturated carbocycles. The highest BCUT2D eigenvalue weighted by atomic mass is 32.2. The second-order valence-corrected chi connectivity index (χ2v) is 4.89. The summed E-state index contributed by atoms with van der Waals surface area (Å²) in [5.41, 5.74) is 0. The van der Waals surface area contributed by atoms with Gasteiger partial charge in [-0.05, 0) is 19.5 Å². The van der Waals surface area contributed by atoms with E-state index in [1.807, 2.05) is 6.92 Å². The second kappa shape index (κ2) is 7.17. The fourth-order valence-electron chi connectivity index (χ4n) is 1.02. The first kappa shape index (κ1) is 13.8. The second-order valence-electron chi connectivity index (χ2n) is 3.03. The molecule has 0 aliphatic carbocycles. The van der Waals surface area contributed by atoms with Gasteiger partial charge in [-0.15, -0.1) is 0 Å². The zero-order valence-corrected chi connectivity index (χ0v) is 10.0. The lowest BCUT2D eigenvalue weighted by Crippen LogP contribution is -2.39. The van der Waals surface area contributed by atoms with Crippen LogP contribution in [0.1, 0.15) is 20.3 Å². The van der Waals surface area contributed by atoms with Crippen LogP contribution >= 0.6 is 0 Å². The molecule has 0 bridgehead atoms. The Kier molecular flexibility index (Phi) is 7.08. The maximum atomic E-state index is 11.4. The molecule has 0 aromatic carbocycles. The highest BCUT2D eigenvalue weighted by Gasteiger charge is 2.14. The maximum absolute atomic E-state index is 11.4. The van der Waals surface area contributed by atoms with Crippen LogP contribution in [-0.4, -0.2) is 45.9 Å². The normalized spacial score (nSPS) is 12.3. The topological polar surface area (TPSA) is 61.4 Å². The van der Waals surface area contributed by atoms with Crippen LogP contribution in [0.25, 0.3) is 0 Å². The first-order valence-electron chi connectivity index (χ1n) is 4.96. The fourth-order valence-corrected chi connectivity index (χ4v) is 1.97. The molecule has 86 valence electrons. The van der Waals surface area contributed by atoms with Crippen molar-refractivity contribution in [2.24, 2.45) is 0 Å². The van der Waals surface area contributed by atoms with E-state index in [4.69, 9.17) is 0 Å². The van der Waals surface area contributed by atoms with E-state index in [2.05, 4.69) is 10.0 Å². The van der Waals surface area contributed by atoms with Crippen LogP contribution in [0, 0.1) is 0 Å². The van der Waals surface area contributed by atoms with Crippen molar-refractivity contribution in [1.29, 1.82) is 0 Å². The first-order valence-corrected chi connectivity index (χ1v) is 6.40. The largest absolute Gasteiger partial charge is 0.317 e. The number of nitrogens with zero attached hydrogens (tertiary/aromatic N) is 1. The summed E-state index contributed by atoms with van der Waals surface area (Å²) in [5.74, 6) is 0. The van der Waals surface area contributed by atoms with Crippen LogP contribution in [-0.2, 0) is 10.2 Å². The molecule has 0 aliphatic rings. The van der Waals surface area contributed by atoms with Crippen LogP contribution in [0.3, 0.4) is 0 Å². The van der Waals surface area contributed by atoms with E-state index in [-0.39, 0.29) is 0 Å². The van der Waals surface area contributed by atoms with E-state index in [0.29, 0.717) is 13.1 Å². The van der Waals surface area contributed by atoms with Gasteiger partial charge in [0.2, 0.25) is 0 Å². The van der Waals surface area contributed by atoms with Crippen molar-refractivity contribution in [3.63, 3.8) is 0 Å². The Bertz CT molecular complexity index is 229. The van der Waals surface area contributed by atoms with Gasteiger partial charge in [-0.1, -0.05) is 13.8 Å². The van der Waals surface area contributed by atoms with Gasteiger partial charge in [-0.3, -0.25) is 0 Å². The molecule has 2 N–H and O–H groups in total. The number of rotatable bonds is 8. The molecule has 0 fully saturated rings. The zero-order valence-electron chi connectivity index (χ0n) is 9.21. The Morgan fingerprint density at radius 3 is 2.36 bits per heavy atom. The van der Waals surface area contributed by atoms with Gasteiger partial charge in [0.25, 0.3) is 10.2 Å². The molecule has 0 heterocycles. The van der Waals surface area contributed by atoms with Gasteiger partial charge in [-0.2, -0.15) is 12.7 Å². The average Bonchev–Trinajstić information content (AvgIpc) is 2.12. The molecule has 0 rings (SSSR count). The van der Waals surface area contributed by atoms with Crippen LogP contribution in [0.4, 0.5) is 0 Å². The molecule has 0 aromatic rings. The minimum atomic E-state index is -3.24. The molecule has 0 amide bonds. The Labute approximate surface area is 87.0 Å². The zero-order chi connectivity index (χ0) is 11.0. The van der Waals surface area contributed by atoms with Crippen LogP contribution < -0.4 is 10.0 Å². The molecular formula is C8H21N3O2S. The lowest BCUT2D eigenvalue weighted by atomic mass is 10.4. The average molecular weight is 223 g/mol. The molecule has 0 unspecified atom stereocenters. The molecule has 0 spiro atoms. The van der Waals surface area contributed by atoms with Crippen molar-refractivity contribution in [3.8, 4) is 0 Å². The SMILES string of the molecule is CCNCCCN(C)S(=O)(=O)NCC. The van der Waals surface area contributed by atoms with Crippen molar-refractivity contribution < 1.29 is 8.42 Å². The maximum Gasteiger partial charge on any atom is 0.279 e. The van der Waals surface area contributed by atoms with Gasteiger partial charge in [0.15, 0.2) is 0 Å². The monoisotopic (exact) mass is 223 g/mol. The quantitative estimate of drug-likeness (QED) is 0.559. The smallest absolute Gasteiger partial charge is 0.279 e. The minimum Gasteiger partial charge on any atom is -0.317 e. The number of nitrogens with one attached hydrogen (secondary N) is 2. The van der Waals surface area contributed by atoms with Crippen LogP contribution in [0.5, 0.6) is 0 Å².